The van der Waals surface area contributed by atoms with Gasteiger partial charge in [0.1, 0.15) is 11.6 Å². The molecule has 4 heteroatoms. The Kier molecular flexibility index (Phi) is 4.40. The second-order valence-electron chi connectivity index (χ2n) is 4.18. The monoisotopic (exact) mass is 279 g/mol. The molecule has 0 unspecified atom stereocenters. The van der Waals surface area contributed by atoms with Crippen LogP contribution in [0.2, 0.25) is 5.02 Å². The van der Waals surface area contributed by atoms with Crippen molar-refractivity contribution in [3.63, 3.8) is 0 Å². The highest BCUT2D eigenvalue weighted by atomic mass is 35.5. The Balaban J connectivity index is 2.44. The fourth-order valence-electron chi connectivity index (χ4n) is 1.93. The number of hydrogen-bond acceptors (Lipinski definition) is 2. The number of nitrogens with one attached hydrogen (secondary N) is 1. The summed E-state index contributed by atoms with van der Waals surface area (Å²) in [6, 6.07) is 10.3. The minimum Gasteiger partial charge on any atom is -0.497 e. The number of halogens is 2. The van der Waals surface area contributed by atoms with Crippen LogP contribution in [0, 0.1) is 5.82 Å². The van der Waals surface area contributed by atoms with Crippen molar-refractivity contribution >= 4 is 11.6 Å². The predicted octanol–water partition coefficient (Wildman–Crippen LogP) is 3.87. The second kappa shape index (κ2) is 6.04. The highest BCUT2D eigenvalue weighted by Crippen LogP contribution is 2.29. The van der Waals surface area contributed by atoms with Gasteiger partial charge in [0.25, 0.3) is 0 Å². The van der Waals surface area contributed by atoms with Crippen LogP contribution in [0.25, 0.3) is 11.1 Å². The molecule has 0 saturated carbocycles. The van der Waals surface area contributed by atoms with Crippen LogP contribution < -0.4 is 10.1 Å². The maximum absolute atomic E-state index is 14.0. The van der Waals surface area contributed by atoms with E-state index in [0.29, 0.717) is 22.9 Å². The van der Waals surface area contributed by atoms with E-state index >= 15 is 0 Å². The van der Waals surface area contributed by atoms with Crippen molar-refractivity contribution in [1.82, 2.24) is 5.32 Å². The van der Waals surface area contributed by atoms with Gasteiger partial charge in [0.15, 0.2) is 0 Å². The van der Waals surface area contributed by atoms with E-state index in [2.05, 4.69) is 5.32 Å². The van der Waals surface area contributed by atoms with Gasteiger partial charge in [-0.25, -0.2) is 4.39 Å². The quantitative estimate of drug-likeness (QED) is 0.917. The molecule has 0 amide bonds. The first-order valence-electron chi connectivity index (χ1n) is 5.92. The lowest BCUT2D eigenvalue weighted by Gasteiger charge is -2.09. The van der Waals surface area contributed by atoms with Crippen LogP contribution >= 0.6 is 11.6 Å². The summed E-state index contributed by atoms with van der Waals surface area (Å²) in [5.41, 5.74) is 2.28. The highest BCUT2D eigenvalue weighted by Gasteiger charge is 2.09. The average molecular weight is 280 g/mol. The van der Waals surface area contributed by atoms with Crippen LogP contribution in [0.15, 0.2) is 36.4 Å². The maximum Gasteiger partial charge on any atom is 0.134 e. The van der Waals surface area contributed by atoms with Gasteiger partial charge >= 0.3 is 0 Å². The molecule has 0 heterocycles. The van der Waals surface area contributed by atoms with Crippen molar-refractivity contribution in [3.05, 3.63) is 52.8 Å². The average Bonchev–Trinajstić information content (AvgIpc) is 2.41. The molecule has 0 aromatic heterocycles. The standard InChI is InChI=1S/C15H15ClFNO/c1-18-9-11-7-10(3-6-14(11)16)13-5-4-12(19-2)8-15(13)17/h3-8,18H,9H2,1-2H3. The van der Waals surface area contributed by atoms with Gasteiger partial charge < -0.3 is 10.1 Å². The number of rotatable bonds is 4. The molecule has 2 aromatic rings. The van der Waals surface area contributed by atoms with Crippen LogP contribution in [0.1, 0.15) is 5.56 Å². The summed E-state index contributed by atoms with van der Waals surface area (Å²) in [5.74, 6) is 0.197. The molecule has 0 radical (unpaired) electrons. The maximum atomic E-state index is 14.0. The molecule has 2 rings (SSSR count). The first-order chi connectivity index (χ1) is 9.15. The van der Waals surface area contributed by atoms with E-state index in [9.17, 15) is 4.39 Å². The van der Waals surface area contributed by atoms with Gasteiger partial charge in [-0.15, -0.1) is 0 Å². The first-order valence-corrected chi connectivity index (χ1v) is 6.30. The smallest absolute Gasteiger partial charge is 0.134 e. The Bertz CT molecular complexity index is 586. The summed E-state index contributed by atoms with van der Waals surface area (Å²) >= 11 is 6.10. The lowest BCUT2D eigenvalue weighted by molar-refractivity contribution is 0.411. The molecule has 0 fully saturated rings. The van der Waals surface area contributed by atoms with Gasteiger partial charge in [-0.2, -0.15) is 0 Å². The van der Waals surface area contributed by atoms with Crippen LogP contribution in [0.3, 0.4) is 0 Å². The van der Waals surface area contributed by atoms with Crippen molar-refractivity contribution in [2.45, 2.75) is 6.54 Å². The zero-order chi connectivity index (χ0) is 13.8. The zero-order valence-corrected chi connectivity index (χ0v) is 11.6. The fraction of sp³-hybridized carbons (Fsp3) is 0.200. The third-order valence-corrected chi connectivity index (χ3v) is 3.27. The van der Waals surface area contributed by atoms with Crippen molar-refractivity contribution in [2.75, 3.05) is 14.2 Å². The lowest BCUT2D eigenvalue weighted by Crippen LogP contribution is -2.05. The van der Waals surface area contributed by atoms with Gasteiger partial charge in [0.2, 0.25) is 0 Å². The van der Waals surface area contributed by atoms with Crippen molar-refractivity contribution in [2.24, 2.45) is 0 Å². The minimum atomic E-state index is -0.308. The summed E-state index contributed by atoms with van der Waals surface area (Å²) in [6.45, 7) is 0.643. The molecule has 0 spiro atoms. The Morgan fingerprint density at radius 3 is 2.63 bits per heavy atom. The first kappa shape index (κ1) is 13.8. The summed E-state index contributed by atoms with van der Waals surface area (Å²) in [4.78, 5) is 0. The van der Waals surface area contributed by atoms with Gasteiger partial charge in [0, 0.05) is 23.2 Å². The summed E-state index contributed by atoms with van der Waals surface area (Å²) < 4.78 is 19.0. The third kappa shape index (κ3) is 3.06. The molecule has 0 aliphatic carbocycles. The van der Waals surface area contributed by atoms with Gasteiger partial charge in [-0.05, 0) is 42.4 Å². The lowest BCUT2D eigenvalue weighted by atomic mass is 10.0. The number of methoxy groups -OCH3 is 1. The Morgan fingerprint density at radius 2 is 2.00 bits per heavy atom. The molecule has 0 atom stereocenters. The van der Waals surface area contributed by atoms with Crippen LogP contribution in [0.4, 0.5) is 4.39 Å². The largest absolute Gasteiger partial charge is 0.497 e. The second-order valence-corrected chi connectivity index (χ2v) is 4.59. The molecule has 0 saturated heterocycles. The number of benzene rings is 2. The zero-order valence-electron chi connectivity index (χ0n) is 10.8. The van der Waals surface area contributed by atoms with E-state index in [1.807, 2.05) is 19.2 Å². The van der Waals surface area contributed by atoms with Crippen molar-refractivity contribution in [3.8, 4) is 16.9 Å². The van der Waals surface area contributed by atoms with Gasteiger partial charge in [0.05, 0.1) is 7.11 Å². The molecule has 19 heavy (non-hydrogen) atoms. The van der Waals surface area contributed by atoms with E-state index in [0.717, 1.165) is 11.1 Å². The van der Waals surface area contributed by atoms with Gasteiger partial charge in [-0.1, -0.05) is 17.7 Å². The molecule has 2 nitrogen and oxygen atoms in total. The van der Waals surface area contributed by atoms with Gasteiger partial charge in [-0.3, -0.25) is 0 Å². The molecule has 0 aliphatic heterocycles. The van der Waals surface area contributed by atoms with E-state index < -0.39 is 0 Å². The molecule has 2 aromatic carbocycles. The van der Waals surface area contributed by atoms with E-state index in [4.69, 9.17) is 16.3 Å². The molecule has 0 bridgehead atoms. The van der Waals surface area contributed by atoms with Crippen LogP contribution in [-0.4, -0.2) is 14.2 Å². The molecule has 100 valence electrons. The van der Waals surface area contributed by atoms with Crippen molar-refractivity contribution in [1.29, 1.82) is 0 Å². The number of hydrogen-bond donors (Lipinski definition) is 1. The molecular weight excluding hydrogens is 265 g/mol. The molecular formula is C15H15ClFNO. The van der Waals surface area contributed by atoms with E-state index in [1.165, 1.54) is 13.2 Å². The van der Waals surface area contributed by atoms with E-state index in [1.54, 1.807) is 18.2 Å². The van der Waals surface area contributed by atoms with Crippen LogP contribution in [-0.2, 0) is 6.54 Å². The van der Waals surface area contributed by atoms with Crippen LogP contribution in [0.5, 0.6) is 5.75 Å². The summed E-state index contributed by atoms with van der Waals surface area (Å²) in [5, 5.41) is 3.71. The molecule has 1 N–H and O–H groups in total. The van der Waals surface area contributed by atoms with E-state index in [-0.39, 0.29) is 5.82 Å². The van der Waals surface area contributed by atoms with Crippen molar-refractivity contribution < 1.29 is 9.13 Å². The Morgan fingerprint density at radius 1 is 1.21 bits per heavy atom. The molecule has 0 aliphatic rings. The minimum absolute atomic E-state index is 0.308. The summed E-state index contributed by atoms with van der Waals surface area (Å²) in [6.07, 6.45) is 0. The fourth-order valence-corrected chi connectivity index (χ4v) is 2.11. The SMILES string of the molecule is CNCc1cc(-c2ccc(OC)cc2F)ccc1Cl. The highest BCUT2D eigenvalue weighted by molar-refractivity contribution is 6.31. The Hall–Kier alpha value is -1.58. The predicted molar refractivity (Wildman–Crippen MR) is 76.2 cm³/mol. The summed E-state index contributed by atoms with van der Waals surface area (Å²) in [7, 11) is 3.36. The topological polar surface area (TPSA) is 21.3 Å². The Labute approximate surface area is 117 Å². The third-order valence-electron chi connectivity index (χ3n) is 2.90. The number of ether oxygens (including phenoxy) is 1. The normalized spacial score (nSPS) is 10.5.